The Kier molecular flexibility index (Phi) is 5.76. The Balaban J connectivity index is 1.15. The number of nitrogens with zero attached hydrogens (tertiary/aromatic N) is 4. The lowest BCUT2D eigenvalue weighted by atomic mass is 9.80. The van der Waals surface area contributed by atoms with Crippen LogP contribution in [0, 0.1) is 17.2 Å². The van der Waals surface area contributed by atoms with E-state index < -0.39 is 0 Å². The highest BCUT2D eigenvalue weighted by molar-refractivity contribution is 5.61. The Hall–Kier alpha value is -3.40. The molecule has 0 spiro atoms. The van der Waals surface area contributed by atoms with Gasteiger partial charge in [-0.2, -0.15) is 5.26 Å². The molecule has 2 aliphatic rings. The highest BCUT2D eigenvalue weighted by Gasteiger charge is 2.29. The number of nitriles is 1. The van der Waals surface area contributed by atoms with E-state index in [2.05, 4.69) is 26.3 Å². The third-order valence-corrected chi connectivity index (χ3v) is 6.55. The molecule has 5 rings (SSSR count). The molecule has 164 valence electrons. The Labute approximate surface area is 187 Å². The van der Waals surface area contributed by atoms with Gasteiger partial charge in [-0.05, 0) is 68.7 Å². The summed E-state index contributed by atoms with van der Waals surface area (Å²) in [5.41, 5.74) is 3.28. The topological polar surface area (TPSA) is 96.9 Å². The summed E-state index contributed by atoms with van der Waals surface area (Å²) < 4.78 is 10.8. The fourth-order valence-corrected chi connectivity index (χ4v) is 4.47. The third kappa shape index (κ3) is 4.45. The van der Waals surface area contributed by atoms with Gasteiger partial charge in [-0.25, -0.2) is 15.0 Å². The normalized spacial score (nSPS) is 20.5. The molecule has 0 atom stereocenters. The summed E-state index contributed by atoms with van der Waals surface area (Å²) in [7, 11) is 1.57. The van der Waals surface area contributed by atoms with Crippen molar-refractivity contribution in [1.29, 1.82) is 5.26 Å². The number of pyridine rings is 2. The van der Waals surface area contributed by atoms with Crippen LogP contribution in [0.25, 0.3) is 11.3 Å². The summed E-state index contributed by atoms with van der Waals surface area (Å²) in [5, 5.41) is 12.8. The summed E-state index contributed by atoms with van der Waals surface area (Å²) in [6, 6.07) is 10.0. The average molecular weight is 430 g/mol. The SMILES string of the molecule is COc1ccc(C2CCC(CNc3cc(-c4coc(C5CC5)n4)ccn3)CC2)nc1C#N. The molecule has 0 unspecified atom stereocenters. The van der Waals surface area contributed by atoms with Crippen LogP contribution < -0.4 is 10.1 Å². The van der Waals surface area contributed by atoms with E-state index in [9.17, 15) is 5.26 Å². The lowest BCUT2D eigenvalue weighted by Crippen LogP contribution is -2.21. The predicted octanol–water partition coefficient (Wildman–Crippen LogP) is 5.28. The number of rotatable bonds is 7. The standard InChI is InChI=1S/C25H27N5O2/c1-31-23-9-8-20(29-21(23)13-26)17-4-2-16(3-5-17)14-28-24-12-19(10-11-27-24)22-15-32-25(30-22)18-6-7-18/h8-12,15-18H,2-7,14H2,1H3,(H,27,28). The van der Waals surface area contributed by atoms with E-state index in [4.69, 9.17) is 9.15 Å². The van der Waals surface area contributed by atoms with Crippen LogP contribution in [0.1, 0.15) is 67.6 Å². The molecule has 3 aromatic rings. The van der Waals surface area contributed by atoms with Gasteiger partial charge in [0.15, 0.2) is 17.3 Å². The van der Waals surface area contributed by atoms with Gasteiger partial charge in [-0.15, -0.1) is 0 Å². The van der Waals surface area contributed by atoms with Crippen molar-refractivity contribution in [1.82, 2.24) is 15.0 Å². The molecule has 7 heteroatoms. The van der Waals surface area contributed by atoms with Crippen molar-refractivity contribution in [3.8, 4) is 23.1 Å². The molecule has 32 heavy (non-hydrogen) atoms. The van der Waals surface area contributed by atoms with Crippen LogP contribution in [0.15, 0.2) is 41.1 Å². The molecule has 0 aromatic carbocycles. The molecule has 0 aliphatic heterocycles. The number of oxazole rings is 1. The van der Waals surface area contributed by atoms with Crippen LogP contribution >= 0.6 is 0 Å². The number of methoxy groups -OCH3 is 1. The molecule has 1 N–H and O–H groups in total. The van der Waals surface area contributed by atoms with Gasteiger partial charge in [0.05, 0.1) is 7.11 Å². The number of aromatic nitrogens is 3. The van der Waals surface area contributed by atoms with E-state index in [1.165, 1.54) is 12.8 Å². The minimum atomic E-state index is 0.371. The summed E-state index contributed by atoms with van der Waals surface area (Å²) in [6.07, 6.45) is 10.3. The van der Waals surface area contributed by atoms with Crippen molar-refractivity contribution in [3.63, 3.8) is 0 Å². The second-order valence-electron chi connectivity index (χ2n) is 8.77. The maximum Gasteiger partial charge on any atom is 0.197 e. The van der Waals surface area contributed by atoms with Crippen LogP contribution in [0.2, 0.25) is 0 Å². The first-order chi connectivity index (χ1) is 15.7. The molecule has 2 saturated carbocycles. The fourth-order valence-electron chi connectivity index (χ4n) is 4.47. The first-order valence-corrected chi connectivity index (χ1v) is 11.3. The molecule has 0 radical (unpaired) electrons. The molecule has 7 nitrogen and oxygen atoms in total. The van der Waals surface area contributed by atoms with Gasteiger partial charge in [0.1, 0.15) is 23.8 Å². The number of nitrogens with one attached hydrogen (secondary N) is 1. The minimum absolute atomic E-state index is 0.371. The second-order valence-corrected chi connectivity index (χ2v) is 8.77. The zero-order valence-electron chi connectivity index (χ0n) is 18.3. The maximum absolute atomic E-state index is 9.30. The number of ether oxygens (including phenoxy) is 1. The van der Waals surface area contributed by atoms with E-state index in [1.54, 1.807) is 13.4 Å². The van der Waals surface area contributed by atoms with Crippen LogP contribution in [-0.4, -0.2) is 28.6 Å². The lowest BCUT2D eigenvalue weighted by Gasteiger charge is -2.28. The fraction of sp³-hybridized carbons (Fsp3) is 0.440. The molecule has 3 aromatic heterocycles. The second kappa shape index (κ2) is 8.99. The Bertz CT molecular complexity index is 1120. The van der Waals surface area contributed by atoms with Gasteiger partial charge in [0.25, 0.3) is 0 Å². The van der Waals surface area contributed by atoms with Gasteiger partial charge in [0.2, 0.25) is 0 Å². The van der Waals surface area contributed by atoms with E-state index >= 15 is 0 Å². The zero-order chi connectivity index (χ0) is 21.9. The Morgan fingerprint density at radius 3 is 2.66 bits per heavy atom. The molecule has 0 saturated heterocycles. The number of anilines is 1. The Morgan fingerprint density at radius 1 is 1.09 bits per heavy atom. The van der Waals surface area contributed by atoms with Crippen LogP contribution in [0.3, 0.4) is 0 Å². The smallest absolute Gasteiger partial charge is 0.197 e. The van der Waals surface area contributed by atoms with Gasteiger partial charge >= 0.3 is 0 Å². The van der Waals surface area contributed by atoms with Gasteiger partial charge in [0, 0.05) is 35.8 Å². The third-order valence-electron chi connectivity index (χ3n) is 6.55. The Morgan fingerprint density at radius 2 is 1.91 bits per heavy atom. The largest absolute Gasteiger partial charge is 0.494 e. The van der Waals surface area contributed by atoms with E-state index in [1.807, 2.05) is 30.5 Å². The molecular weight excluding hydrogens is 402 g/mol. The van der Waals surface area contributed by atoms with Crippen molar-refractivity contribution in [2.24, 2.45) is 5.92 Å². The van der Waals surface area contributed by atoms with Crippen molar-refractivity contribution < 1.29 is 9.15 Å². The zero-order valence-corrected chi connectivity index (χ0v) is 18.3. The molecule has 2 fully saturated rings. The van der Waals surface area contributed by atoms with Gasteiger partial charge in [-0.3, -0.25) is 0 Å². The molecule has 0 bridgehead atoms. The maximum atomic E-state index is 9.30. The van der Waals surface area contributed by atoms with Gasteiger partial charge in [-0.1, -0.05) is 0 Å². The molecule has 2 aliphatic carbocycles. The van der Waals surface area contributed by atoms with E-state index in [0.717, 1.165) is 60.9 Å². The van der Waals surface area contributed by atoms with Gasteiger partial charge < -0.3 is 14.5 Å². The van der Waals surface area contributed by atoms with Crippen molar-refractivity contribution in [2.75, 3.05) is 19.0 Å². The monoisotopic (exact) mass is 429 g/mol. The summed E-state index contributed by atoms with van der Waals surface area (Å²) in [5.74, 6) is 3.78. The quantitative estimate of drug-likeness (QED) is 0.546. The summed E-state index contributed by atoms with van der Waals surface area (Å²) >= 11 is 0. The van der Waals surface area contributed by atoms with Crippen LogP contribution in [0.4, 0.5) is 5.82 Å². The molecular formula is C25H27N5O2. The van der Waals surface area contributed by atoms with E-state index in [0.29, 0.717) is 29.2 Å². The predicted molar refractivity (Wildman–Crippen MR) is 120 cm³/mol. The number of hydrogen-bond acceptors (Lipinski definition) is 7. The highest BCUT2D eigenvalue weighted by atomic mass is 16.5. The first-order valence-electron chi connectivity index (χ1n) is 11.3. The van der Waals surface area contributed by atoms with Crippen molar-refractivity contribution in [2.45, 2.75) is 50.4 Å². The van der Waals surface area contributed by atoms with Crippen LogP contribution in [0.5, 0.6) is 5.75 Å². The van der Waals surface area contributed by atoms with E-state index in [-0.39, 0.29) is 0 Å². The average Bonchev–Trinajstić information content (AvgIpc) is 3.59. The lowest BCUT2D eigenvalue weighted by molar-refractivity contribution is 0.334. The first kappa shape index (κ1) is 20.5. The summed E-state index contributed by atoms with van der Waals surface area (Å²) in [6.45, 7) is 0.898. The highest BCUT2D eigenvalue weighted by Crippen LogP contribution is 2.40. The minimum Gasteiger partial charge on any atom is -0.494 e. The number of hydrogen-bond donors (Lipinski definition) is 1. The summed E-state index contributed by atoms with van der Waals surface area (Å²) in [4.78, 5) is 13.7. The van der Waals surface area contributed by atoms with Crippen molar-refractivity contribution >= 4 is 5.82 Å². The van der Waals surface area contributed by atoms with Crippen LogP contribution in [-0.2, 0) is 0 Å². The van der Waals surface area contributed by atoms with Crippen molar-refractivity contribution in [3.05, 3.63) is 54.0 Å². The molecule has 0 amide bonds. The molecule has 3 heterocycles.